The molecule has 1 amide bonds. The van der Waals surface area contributed by atoms with Crippen molar-refractivity contribution in [1.29, 1.82) is 0 Å². The number of carbonyl (C=O) groups excluding carboxylic acids is 1. The molecule has 0 unspecified atom stereocenters. The average Bonchev–Trinajstić information content (AvgIpc) is 2.93. The number of fused-ring (bicyclic) bond motifs is 3. The molecular formula is C17H14N4O4. The van der Waals surface area contributed by atoms with E-state index < -0.39 is 18.6 Å². The first-order valence-corrected chi connectivity index (χ1v) is 7.51. The number of benzene rings is 2. The standard InChI is InChI=1S/C17H14N4O4/c18-19-20-21(9-16(22)23)17(24)25-10-15-13-7-3-1-5-11(13)12-6-2-4-8-14(12)15/h1-8,15H,9-10H2,(H,22,23). The fraction of sp³-hybridized carbons (Fsp3) is 0.176. The SMILES string of the molecule is [N-]=[N+]=NN(CC(=O)O)C(=O)OCC1c2ccccc2-c2ccccc21. The van der Waals surface area contributed by atoms with Gasteiger partial charge in [-0.05, 0) is 27.5 Å². The van der Waals surface area contributed by atoms with E-state index in [2.05, 4.69) is 10.1 Å². The van der Waals surface area contributed by atoms with Crippen LogP contribution in [-0.4, -0.2) is 35.3 Å². The highest BCUT2D eigenvalue weighted by Gasteiger charge is 2.31. The summed E-state index contributed by atoms with van der Waals surface area (Å²) in [7, 11) is 0. The maximum Gasteiger partial charge on any atom is 0.510 e. The Labute approximate surface area is 142 Å². The summed E-state index contributed by atoms with van der Waals surface area (Å²) < 4.78 is 5.21. The van der Waals surface area contributed by atoms with Gasteiger partial charge in [0, 0.05) is 5.92 Å². The first-order valence-electron chi connectivity index (χ1n) is 7.51. The van der Waals surface area contributed by atoms with Crippen LogP contribution in [0.1, 0.15) is 17.0 Å². The molecule has 2 aromatic carbocycles. The molecule has 0 aliphatic heterocycles. The number of carboxylic acids is 1. The van der Waals surface area contributed by atoms with Gasteiger partial charge in [-0.25, -0.2) is 4.79 Å². The lowest BCUT2D eigenvalue weighted by molar-refractivity contribution is -0.138. The minimum Gasteiger partial charge on any atom is -0.478 e. The van der Waals surface area contributed by atoms with Crippen molar-refractivity contribution in [3.8, 4) is 11.1 Å². The van der Waals surface area contributed by atoms with Gasteiger partial charge in [0.1, 0.15) is 6.61 Å². The second-order valence-corrected chi connectivity index (χ2v) is 5.43. The number of carboxylic acid groups (broad SMARTS) is 1. The fourth-order valence-corrected chi connectivity index (χ4v) is 2.98. The van der Waals surface area contributed by atoms with Crippen molar-refractivity contribution in [3.05, 3.63) is 70.1 Å². The van der Waals surface area contributed by atoms with Crippen LogP contribution in [0.15, 0.2) is 53.8 Å². The van der Waals surface area contributed by atoms with Gasteiger partial charge < -0.3 is 9.84 Å². The lowest BCUT2D eigenvalue weighted by atomic mass is 9.98. The van der Waals surface area contributed by atoms with E-state index in [1.54, 1.807) is 0 Å². The van der Waals surface area contributed by atoms with E-state index in [0.717, 1.165) is 22.3 Å². The number of amides is 1. The summed E-state index contributed by atoms with van der Waals surface area (Å²) in [5.74, 6) is -1.46. The molecule has 126 valence electrons. The molecule has 0 saturated heterocycles. The van der Waals surface area contributed by atoms with Crippen molar-refractivity contribution < 1.29 is 19.4 Å². The van der Waals surface area contributed by atoms with Crippen LogP contribution < -0.4 is 0 Å². The molecule has 2 aromatic rings. The summed E-state index contributed by atoms with van der Waals surface area (Å²) in [6.07, 6.45) is -0.998. The van der Waals surface area contributed by atoms with E-state index in [1.807, 2.05) is 48.5 Å². The van der Waals surface area contributed by atoms with E-state index in [-0.39, 0.29) is 12.5 Å². The normalized spacial score (nSPS) is 11.8. The topological polar surface area (TPSA) is 116 Å². The van der Waals surface area contributed by atoms with Gasteiger partial charge in [0.25, 0.3) is 0 Å². The van der Waals surface area contributed by atoms with Crippen molar-refractivity contribution in [3.63, 3.8) is 0 Å². The summed E-state index contributed by atoms with van der Waals surface area (Å²) in [6, 6.07) is 15.7. The fourth-order valence-electron chi connectivity index (χ4n) is 2.98. The maximum atomic E-state index is 12.0. The van der Waals surface area contributed by atoms with Crippen LogP contribution in [0, 0.1) is 0 Å². The summed E-state index contributed by atoms with van der Waals surface area (Å²) >= 11 is 0. The van der Waals surface area contributed by atoms with E-state index >= 15 is 0 Å². The Hall–Kier alpha value is -3.51. The Balaban J connectivity index is 1.80. The molecule has 0 saturated carbocycles. The van der Waals surface area contributed by atoms with Gasteiger partial charge in [-0.3, -0.25) is 0 Å². The maximum absolute atomic E-state index is 12.0. The minimum absolute atomic E-state index is 0.0178. The molecule has 0 aromatic heterocycles. The highest BCUT2D eigenvalue weighted by Crippen LogP contribution is 2.44. The van der Waals surface area contributed by atoms with Crippen LogP contribution in [0.3, 0.4) is 0 Å². The molecule has 0 atom stereocenters. The number of ether oxygens (including phenoxy) is 1. The van der Waals surface area contributed by atoms with Crippen molar-refractivity contribution in [1.82, 2.24) is 5.01 Å². The molecule has 25 heavy (non-hydrogen) atoms. The molecule has 0 heterocycles. The summed E-state index contributed by atoms with van der Waals surface area (Å²) in [5.41, 5.74) is 12.7. The summed E-state index contributed by atoms with van der Waals surface area (Å²) in [4.78, 5) is 25.2. The van der Waals surface area contributed by atoms with Gasteiger partial charge in [-0.1, -0.05) is 48.5 Å². The van der Waals surface area contributed by atoms with Gasteiger partial charge >= 0.3 is 12.1 Å². The van der Waals surface area contributed by atoms with Crippen LogP contribution >= 0.6 is 0 Å². The van der Waals surface area contributed by atoms with E-state index in [1.165, 1.54) is 0 Å². The van der Waals surface area contributed by atoms with Crippen molar-refractivity contribution in [2.75, 3.05) is 13.2 Å². The summed E-state index contributed by atoms with van der Waals surface area (Å²) in [5, 5.41) is 12.3. The monoisotopic (exact) mass is 338 g/mol. The number of carbonyl (C=O) groups is 2. The minimum atomic E-state index is -1.30. The molecule has 0 bridgehead atoms. The number of aliphatic carboxylic acids is 1. The molecule has 8 nitrogen and oxygen atoms in total. The smallest absolute Gasteiger partial charge is 0.478 e. The van der Waals surface area contributed by atoms with Crippen molar-refractivity contribution in [2.24, 2.45) is 5.22 Å². The zero-order valence-corrected chi connectivity index (χ0v) is 13.1. The van der Waals surface area contributed by atoms with Gasteiger partial charge in [0.05, 0.1) is 0 Å². The summed E-state index contributed by atoms with van der Waals surface area (Å²) in [6.45, 7) is -0.745. The third-order valence-electron chi connectivity index (χ3n) is 3.98. The average molecular weight is 338 g/mol. The quantitative estimate of drug-likeness (QED) is 0.388. The van der Waals surface area contributed by atoms with Gasteiger partial charge in [0.2, 0.25) is 0 Å². The zero-order chi connectivity index (χ0) is 17.8. The molecule has 8 heteroatoms. The van der Waals surface area contributed by atoms with E-state index in [0.29, 0.717) is 5.01 Å². The number of hydrogen-bond donors (Lipinski definition) is 1. The number of nitrogens with zero attached hydrogens (tertiary/aromatic N) is 4. The van der Waals surface area contributed by atoms with Crippen LogP contribution in [0.5, 0.6) is 0 Å². The first-order chi connectivity index (χ1) is 12.1. The Morgan fingerprint density at radius 2 is 1.68 bits per heavy atom. The molecule has 0 radical (unpaired) electrons. The third-order valence-corrected chi connectivity index (χ3v) is 3.98. The Morgan fingerprint density at radius 3 is 2.20 bits per heavy atom. The molecular weight excluding hydrogens is 324 g/mol. The number of azide groups is 1. The van der Waals surface area contributed by atoms with Crippen molar-refractivity contribution in [2.45, 2.75) is 5.92 Å². The predicted molar refractivity (Wildman–Crippen MR) is 88.6 cm³/mol. The number of hydrogen-bond acceptors (Lipinski definition) is 4. The second-order valence-electron chi connectivity index (χ2n) is 5.43. The van der Waals surface area contributed by atoms with E-state index in [4.69, 9.17) is 15.4 Å². The molecule has 0 spiro atoms. The lowest BCUT2D eigenvalue weighted by Crippen LogP contribution is -2.32. The number of rotatable bonds is 5. The van der Waals surface area contributed by atoms with Gasteiger partial charge in [-0.2, -0.15) is 9.71 Å². The Bertz CT molecular complexity index is 831. The van der Waals surface area contributed by atoms with Crippen LogP contribution in [0.25, 0.3) is 21.6 Å². The van der Waals surface area contributed by atoms with Crippen LogP contribution in [-0.2, 0) is 9.53 Å². The van der Waals surface area contributed by atoms with E-state index in [9.17, 15) is 9.59 Å². The van der Waals surface area contributed by atoms with Gasteiger partial charge in [-0.15, -0.1) is 10.5 Å². The Morgan fingerprint density at radius 1 is 1.12 bits per heavy atom. The van der Waals surface area contributed by atoms with Crippen LogP contribution in [0.2, 0.25) is 0 Å². The molecule has 0 fully saturated rings. The third kappa shape index (κ3) is 3.24. The molecule has 3 rings (SSSR count). The molecule has 1 N–H and O–H groups in total. The highest BCUT2D eigenvalue weighted by molar-refractivity contribution is 5.79. The lowest BCUT2D eigenvalue weighted by Gasteiger charge is -2.15. The van der Waals surface area contributed by atoms with Crippen molar-refractivity contribution >= 4 is 12.1 Å². The van der Waals surface area contributed by atoms with Crippen LogP contribution in [0.4, 0.5) is 4.79 Å². The first kappa shape index (κ1) is 16.4. The highest BCUT2D eigenvalue weighted by atomic mass is 16.6. The zero-order valence-electron chi connectivity index (χ0n) is 13.1. The molecule has 1 aliphatic rings. The second kappa shape index (κ2) is 6.94. The molecule has 1 aliphatic carbocycles. The predicted octanol–water partition coefficient (Wildman–Crippen LogP) is 3.55. The Kier molecular flexibility index (Phi) is 4.54. The largest absolute Gasteiger partial charge is 0.510 e. The van der Waals surface area contributed by atoms with Gasteiger partial charge in [0.15, 0.2) is 6.54 Å².